The number of carbonyl (C=O) groups is 1. The molecule has 0 radical (unpaired) electrons. The van der Waals surface area contributed by atoms with Gasteiger partial charge in [-0.1, -0.05) is 54.6 Å². The first kappa shape index (κ1) is 16.3. The first-order valence-electron chi connectivity index (χ1n) is 7.79. The number of halogens is 2. The van der Waals surface area contributed by atoms with Crippen LogP contribution < -0.4 is 5.32 Å². The number of benzene rings is 1. The van der Waals surface area contributed by atoms with Gasteiger partial charge in [0.05, 0.1) is 10.0 Å². The highest BCUT2D eigenvalue weighted by Gasteiger charge is 2.33. The second kappa shape index (κ2) is 7.33. The maximum absolute atomic E-state index is 12.6. The Morgan fingerprint density at radius 1 is 1.23 bits per heavy atom. The van der Waals surface area contributed by atoms with Gasteiger partial charge in [-0.3, -0.25) is 0 Å². The minimum atomic E-state index is -0.0465. The van der Waals surface area contributed by atoms with Crippen LogP contribution in [0.2, 0.25) is 10.0 Å². The third-order valence-electron chi connectivity index (χ3n) is 4.33. The van der Waals surface area contributed by atoms with Gasteiger partial charge in [0.1, 0.15) is 5.37 Å². The van der Waals surface area contributed by atoms with Crippen LogP contribution in [0.1, 0.15) is 43.0 Å². The molecule has 1 aromatic rings. The molecule has 1 heterocycles. The minimum absolute atomic E-state index is 0.0259. The molecule has 120 valence electrons. The van der Waals surface area contributed by atoms with E-state index in [2.05, 4.69) is 5.32 Å². The molecule has 3 nitrogen and oxygen atoms in total. The van der Waals surface area contributed by atoms with E-state index in [0.29, 0.717) is 16.1 Å². The highest BCUT2D eigenvalue weighted by Crippen LogP contribution is 2.42. The molecule has 2 fully saturated rings. The molecule has 1 N–H and O–H groups in total. The number of hydrogen-bond acceptors (Lipinski definition) is 2. The van der Waals surface area contributed by atoms with Gasteiger partial charge in [0.25, 0.3) is 0 Å². The third kappa shape index (κ3) is 3.50. The summed E-state index contributed by atoms with van der Waals surface area (Å²) in [6.45, 7) is 0.747. The van der Waals surface area contributed by atoms with E-state index in [-0.39, 0.29) is 11.4 Å². The van der Waals surface area contributed by atoms with E-state index >= 15 is 0 Å². The van der Waals surface area contributed by atoms with E-state index in [1.54, 1.807) is 17.8 Å². The predicted molar refractivity (Wildman–Crippen MR) is 93.8 cm³/mol. The zero-order chi connectivity index (χ0) is 15.5. The van der Waals surface area contributed by atoms with Crippen LogP contribution >= 0.6 is 35.0 Å². The summed E-state index contributed by atoms with van der Waals surface area (Å²) in [5.74, 6) is 0.922. The van der Waals surface area contributed by atoms with Crippen molar-refractivity contribution in [1.29, 1.82) is 0 Å². The maximum Gasteiger partial charge on any atom is 0.318 e. The molecule has 0 spiro atoms. The highest BCUT2D eigenvalue weighted by molar-refractivity contribution is 7.99. The van der Waals surface area contributed by atoms with Crippen molar-refractivity contribution >= 4 is 41.0 Å². The Morgan fingerprint density at radius 2 is 2.00 bits per heavy atom. The Bertz CT molecular complexity index is 549. The second-order valence-electron chi connectivity index (χ2n) is 5.84. The smallest absolute Gasteiger partial charge is 0.318 e. The van der Waals surface area contributed by atoms with E-state index in [4.69, 9.17) is 23.2 Å². The van der Waals surface area contributed by atoms with Crippen molar-refractivity contribution in [3.05, 3.63) is 33.8 Å². The van der Waals surface area contributed by atoms with Crippen LogP contribution in [0.25, 0.3) is 0 Å². The Morgan fingerprint density at radius 3 is 2.77 bits per heavy atom. The van der Waals surface area contributed by atoms with Gasteiger partial charge in [-0.25, -0.2) is 4.79 Å². The van der Waals surface area contributed by atoms with E-state index in [0.717, 1.165) is 30.7 Å². The zero-order valence-electron chi connectivity index (χ0n) is 12.4. The monoisotopic (exact) mass is 358 g/mol. The number of nitrogens with zero attached hydrogens (tertiary/aromatic N) is 1. The summed E-state index contributed by atoms with van der Waals surface area (Å²) >= 11 is 14.2. The molecule has 3 rings (SSSR count). The fourth-order valence-corrected chi connectivity index (χ4v) is 4.91. The molecule has 0 unspecified atom stereocenters. The average Bonchev–Trinajstić information content (AvgIpc) is 3.00. The average molecular weight is 359 g/mol. The van der Waals surface area contributed by atoms with Crippen LogP contribution in [-0.4, -0.2) is 29.3 Å². The zero-order valence-corrected chi connectivity index (χ0v) is 14.7. The number of nitrogens with one attached hydrogen (secondary N) is 1. The number of hydrogen-bond donors (Lipinski definition) is 1. The molecule has 2 amide bonds. The Labute approximate surface area is 145 Å². The summed E-state index contributed by atoms with van der Waals surface area (Å²) < 4.78 is 0. The molecule has 6 heteroatoms. The van der Waals surface area contributed by atoms with Gasteiger partial charge in [0.15, 0.2) is 0 Å². The fraction of sp³-hybridized carbons (Fsp3) is 0.562. The van der Waals surface area contributed by atoms with E-state index in [9.17, 15) is 4.79 Å². The molecule has 0 aromatic heterocycles. The largest absolute Gasteiger partial charge is 0.335 e. The predicted octanol–water partition coefficient (Wildman–Crippen LogP) is 5.08. The lowest BCUT2D eigenvalue weighted by Gasteiger charge is -2.29. The third-order valence-corrected chi connectivity index (χ3v) is 6.41. The summed E-state index contributed by atoms with van der Waals surface area (Å²) in [4.78, 5) is 14.5. The van der Waals surface area contributed by atoms with Gasteiger partial charge in [0.2, 0.25) is 0 Å². The summed E-state index contributed by atoms with van der Waals surface area (Å²) in [6.07, 6.45) is 5.89. The number of carbonyl (C=O) groups excluding carboxylic acids is 1. The second-order valence-corrected chi connectivity index (χ2v) is 7.82. The van der Waals surface area contributed by atoms with Crippen LogP contribution in [-0.2, 0) is 0 Å². The number of rotatable bonds is 2. The van der Waals surface area contributed by atoms with Crippen molar-refractivity contribution in [2.75, 3.05) is 12.3 Å². The molecular formula is C16H20Cl2N2OS. The summed E-state index contributed by atoms with van der Waals surface area (Å²) in [5, 5.41) is 4.24. The maximum atomic E-state index is 12.6. The Hall–Kier alpha value is -0.580. The van der Waals surface area contributed by atoms with Crippen LogP contribution in [0.15, 0.2) is 18.2 Å². The van der Waals surface area contributed by atoms with E-state index in [1.807, 2.05) is 17.0 Å². The number of amides is 2. The molecule has 22 heavy (non-hydrogen) atoms. The van der Waals surface area contributed by atoms with Crippen molar-refractivity contribution in [2.45, 2.75) is 43.5 Å². The van der Waals surface area contributed by atoms with Gasteiger partial charge in [0, 0.05) is 23.9 Å². The van der Waals surface area contributed by atoms with Gasteiger partial charge in [-0.15, -0.1) is 11.8 Å². The summed E-state index contributed by atoms with van der Waals surface area (Å²) in [6, 6.07) is 5.97. The van der Waals surface area contributed by atoms with Gasteiger partial charge >= 0.3 is 6.03 Å². The van der Waals surface area contributed by atoms with Crippen molar-refractivity contribution in [1.82, 2.24) is 10.2 Å². The lowest BCUT2D eigenvalue weighted by Crippen LogP contribution is -2.45. The molecule has 1 aromatic carbocycles. The molecule has 1 aliphatic heterocycles. The lowest BCUT2D eigenvalue weighted by molar-refractivity contribution is 0.192. The van der Waals surface area contributed by atoms with Crippen LogP contribution in [0, 0.1) is 0 Å². The van der Waals surface area contributed by atoms with E-state index in [1.165, 1.54) is 19.3 Å². The summed E-state index contributed by atoms with van der Waals surface area (Å²) in [7, 11) is 0. The molecule has 1 saturated carbocycles. The first-order valence-corrected chi connectivity index (χ1v) is 9.60. The fourth-order valence-electron chi connectivity index (χ4n) is 3.15. The number of urea groups is 1. The summed E-state index contributed by atoms with van der Waals surface area (Å²) in [5.41, 5.74) is 0.926. The molecular weight excluding hydrogens is 339 g/mol. The molecule has 1 aliphatic carbocycles. The topological polar surface area (TPSA) is 32.3 Å². The Kier molecular flexibility index (Phi) is 5.42. The van der Waals surface area contributed by atoms with Crippen LogP contribution in [0.4, 0.5) is 4.79 Å². The minimum Gasteiger partial charge on any atom is -0.335 e. The van der Waals surface area contributed by atoms with Crippen LogP contribution in [0.3, 0.4) is 0 Å². The van der Waals surface area contributed by atoms with Gasteiger partial charge in [-0.05, 0) is 18.9 Å². The molecule has 0 bridgehead atoms. The molecule has 1 saturated heterocycles. The van der Waals surface area contributed by atoms with Crippen molar-refractivity contribution in [3.63, 3.8) is 0 Å². The van der Waals surface area contributed by atoms with Crippen molar-refractivity contribution in [3.8, 4) is 0 Å². The standard InChI is InChI=1S/C16H20Cl2N2OS/c17-13-8-4-7-12(14(13)18)15-20(9-10-22-15)16(21)19-11-5-2-1-3-6-11/h4,7-8,11,15H,1-3,5-6,9-10H2,(H,19,21)/t15-/m1/s1. The lowest BCUT2D eigenvalue weighted by atomic mass is 9.96. The van der Waals surface area contributed by atoms with E-state index < -0.39 is 0 Å². The van der Waals surface area contributed by atoms with Gasteiger partial charge < -0.3 is 10.2 Å². The van der Waals surface area contributed by atoms with Crippen molar-refractivity contribution < 1.29 is 4.79 Å². The first-order chi connectivity index (χ1) is 10.7. The van der Waals surface area contributed by atoms with Crippen LogP contribution in [0.5, 0.6) is 0 Å². The van der Waals surface area contributed by atoms with Crippen molar-refractivity contribution in [2.24, 2.45) is 0 Å². The molecule has 1 atom stereocenters. The normalized spacial score (nSPS) is 22.8. The van der Waals surface area contributed by atoms with Gasteiger partial charge in [-0.2, -0.15) is 0 Å². The quantitative estimate of drug-likeness (QED) is 0.798. The molecule has 2 aliphatic rings. The Balaban J connectivity index is 1.72. The SMILES string of the molecule is O=C(NC1CCCCC1)N1CCS[C@@H]1c1cccc(Cl)c1Cl. The number of thioether (sulfide) groups is 1. The highest BCUT2D eigenvalue weighted by atomic mass is 35.5.